The topological polar surface area (TPSA) is 65.9 Å². The molecule has 7 nitrogen and oxygen atoms in total. The average Bonchev–Trinajstić information content (AvgIpc) is 3.43. The summed E-state index contributed by atoms with van der Waals surface area (Å²) in [7, 11) is 1.99. The van der Waals surface area contributed by atoms with E-state index in [-0.39, 0.29) is 12.0 Å². The van der Waals surface area contributed by atoms with Crippen molar-refractivity contribution in [3.8, 4) is 5.75 Å². The first-order chi connectivity index (χ1) is 16.0. The first-order valence-electron chi connectivity index (χ1n) is 11.1. The summed E-state index contributed by atoms with van der Waals surface area (Å²) < 4.78 is 7.31. The number of anilines is 2. The van der Waals surface area contributed by atoms with Crippen molar-refractivity contribution in [2.75, 3.05) is 38.5 Å². The van der Waals surface area contributed by atoms with Crippen molar-refractivity contribution in [2.24, 2.45) is 5.10 Å². The van der Waals surface area contributed by atoms with Crippen molar-refractivity contribution in [1.29, 1.82) is 0 Å². The Balaban J connectivity index is 1.44. The van der Waals surface area contributed by atoms with Crippen LogP contribution in [0.3, 0.4) is 0 Å². The highest BCUT2D eigenvalue weighted by Crippen LogP contribution is 2.32. The quantitative estimate of drug-likeness (QED) is 0.469. The number of likely N-dealkylation sites (N-methyl/N-ethyl adjacent to an activating group) is 2. The fourth-order valence-electron chi connectivity index (χ4n) is 4.37. The fourth-order valence-corrected chi connectivity index (χ4v) is 5.25. The molecule has 33 heavy (non-hydrogen) atoms. The molecule has 3 aromatic rings. The van der Waals surface area contributed by atoms with Crippen molar-refractivity contribution < 1.29 is 4.74 Å². The SMILES string of the molecule is CCN1CC[C@@H](Oc2cc(Nc3ncc4cc(Br)cc(Cl)c4n3)cc(C3C=NN(C)C3)c2)C1. The van der Waals surface area contributed by atoms with Gasteiger partial charge in [-0.05, 0) is 42.8 Å². The van der Waals surface area contributed by atoms with Gasteiger partial charge in [0.1, 0.15) is 11.9 Å². The van der Waals surface area contributed by atoms with E-state index in [4.69, 9.17) is 16.3 Å². The third-order valence-corrected chi connectivity index (χ3v) is 6.84. The third-order valence-electron chi connectivity index (χ3n) is 6.10. The number of hydrogen-bond donors (Lipinski definition) is 1. The second-order valence-electron chi connectivity index (χ2n) is 8.57. The van der Waals surface area contributed by atoms with Crippen LogP contribution in [0.2, 0.25) is 5.02 Å². The zero-order chi connectivity index (χ0) is 22.9. The Bertz CT molecular complexity index is 1210. The molecule has 2 aromatic carbocycles. The summed E-state index contributed by atoms with van der Waals surface area (Å²) in [6.07, 6.45) is 5.00. The Kier molecular flexibility index (Phi) is 6.40. The second-order valence-corrected chi connectivity index (χ2v) is 9.89. The molecule has 5 rings (SSSR count). The Morgan fingerprint density at radius 2 is 2.09 bits per heavy atom. The summed E-state index contributed by atoms with van der Waals surface area (Å²) in [5.74, 6) is 1.55. The van der Waals surface area contributed by atoms with E-state index in [2.05, 4.69) is 60.3 Å². The minimum absolute atomic E-state index is 0.196. The summed E-state index contributed by atoms with van der Waals surface area (Å²) in [6, 6.07) is 10.1. The second kappa shape index (κ2) is 9.44. The van der Waals surface area contributed by atoms with Crippen LogP contribution in [0, 0.1) is 0 Å². The normalized spacial score (nSPS) is 20.7. The number of likely N-dealkylation sites (tertiary alicyclic amines) is 1. The number of hydrogen-bond acceptors (Lipinski definition) is 7. The monoisotopic (exact) mass is 528 g/mol. The van der Waals surface area contributed by atoms with E-state index in [0.29, 0.717) is 16.5 Å². The lowest BCUT2D eigenvalue weighted by Gasteiger charge is -2.19. The highest BCUT2D eigenvalue weighted by atomic mass is 79.9. The van der Waals surface area contributed by atoms with E-state index >= 15 is 0 Å². The Hall–Kier alpha value is -2.42. The maximum Gasteiger partial charge on any atom is 0.227 e. The van der Waals surface area contributed by atoms with E-state index in [9.17, 15) is 0 Å². The largest absolute Gasteiger partial charge is 0.489 e. The predicted octanol–water partition coefficient (Wildman–Crippen LogP) is 5.28. The highest BCUT2D eigenvalue weighted by molar-refractivity contribution is 9.10. The summed E-state index contributed by atoms with van der Waals surface area (Å²) in [6.45, 7) is 6.12. The van der Waals surface area contributed by atoms with Gasteiger partial charge in [0.05, 0.1) is 10.5 Å². The number of rotatable bonds is 6. The molecule has 0 radical (unpaired) electrons. The number of nitrogens with one attached hydrogen (secondary N) is 1. The minimum Gasteiger partial charge on any atom is -0.489 e. The lowest BCUT2D eigenvalue weighted by atomic mass is 10.00. The molecule has 2 aliphatic rings. The van der Waals surface area contributed by atoms with Gasteiger partial charge in [0, 0.05) is 66.6 Å². The van der Waals surface area contributed by atoms with E-state index in [1.54, 1.807) is 6.20 Å². The van der Waals surface area contributed by atoms with Gasteiger partial charge in [-0.15, -0.1) is 0 Å². The number of fused-ring (bicyclic) bond motifs is 1. The average molecular weight is 530 g/mol. The molecule has 2 atom stereocenters. The number of ether oxygens (including phenoxy) is 1. The molecule has 9 heteroatoms. The lowest BCUT2D eigenvalue weighted by molar-refractivity contribution is 0.202. The Labute approximate surface area is 206 Å². The Morgan fingerprint density at radius 3 is 2.85 bits per heavy atom. The van der Waals surface area contributed by atoms with Crippen molar-refractivity contribution in [3.63, 3.8) is 0 Å². The predicted molar refractivity (Wildman–Crippen MR) is 137 cm³/mol. The molecule has 1 N–H and O–H groups in total. The number of hydrazone groups is 1. The molecule has 1 aromatic heterocycles. The summed E-state index contributed by atoms with van der Waals surface area (Å²) in [5.41, 5.74) is 2.74. The number of nitrogens with zero attached hydrogens (tertiary/aromatic N) is 5. The number of aromatic nitrogens is 2. The van der Waals surface area contributed by atoms with E-state index in [1.807, 2.05) is 36.5 Å². The molecule has 1 saturated heterocycles. The molecule has 0 amide bonds. The van der Waals surface area contributed by atoms with Crippen LogP contribution < -0.4 is 10.1 Å². The van der Waals surface area contributed by atoms with Crippen molar-refractivity contribution in [1.82, 2.24) is 19.9 Å². The zero-order valence-corrected chi connectivity index (χ0v) is 21.0. The van der Waals surface area contributed by atoms with Gasteiger partial charge in [0.15, 0.2) is 0 Å². The van der Waals surface area contributed by atoms with Crippen LogP contribution in [0.5, 0.6) is 5.75 Å². The fraction of sp³-hybridized carbons (Fsp3) is 0.375. The van der Waals surface area contributed by atoms with Gasteiger partial charge in [-0.25, -0.2) is 9.97 Å². The van der Waals surface area contributed by atoms with Gasteiger partial charge < -0.3 is 10.1 Å². The van der Waals surface area contributed by atoms with Gasteiger partial charge in [0.2, 0.25) is 5.95 Å². The zero-order valence-electron chi connectivity index (χ0n) is 18.6. The molecule has 2 aliphatic heterocycles. The smallest absolute Gasteiger partial charge is 0.227 e. The molecule has 0 aliphatic carbocycles. The number of halogens is 2. The highest BCUT2D eigenvalue weighted by Gasteiger charge is 2.24. The Morgan fingerprint density at radius 1 is 1.21 bits per heavy atom. The maximum absolute atomic E-state index is 6.42. The first-order valence-corrected chi connectivity index (χ1v) is 12.3. The van der Waals surface area contributed by atoms with Gasteiger partial charge in [-0.3, -0.25) is 9.91 Å². The van der Waals surface area contributed by atoms with E-state index in [0.717, 1.165) is 59.5 Å². The summed E-state index contributed by atoms with van der Waals surface area (Å²) in [5, 5.41) is 11.2. The van der Waals surface area contributed by atoms with Gasteiger partial charge in [0.25, 0.3) is 0 Å². The van der Waals surface area contributed by atoms with Crippen molar-refractivity contribution in [2.45, 2.75) is 25.4 Å². The molecule has 0 spiro atoms. The maximum atomic E-state index is 6.42. The van der Waals surface area contributed by atoms with Gasteiger partial charge in [-0.2, -0.15) is 5.10 Å². The molecular formula is C24H26BrClN6O. The van der Waals surface area contributed by atoms with Crippen molar-refractivity contribution >= 4 is 56.3 Å². The molecule has 1 unspecified atom stereocenters. The van der Waals surface area contributed by atoms with E-state index in [1.165, 1.54) is 0 Å². The lowest BCUT2D eigenvalue weighted by Crippen LogP contribution is -2.24. The van der Waals surface area contributed by atoms with Crippen LogP contribution >= 0.6 is 27.5 Å². The molecule has 3 heterocycles. The summed E-state index contributed by atoms with van der Waals surface area (Å²) >= 11 is 9.88. The van der Waals surface area contributed by atoms with Crippen LogP contribution in [0.25, 0.3) is 10.9 Å². The van der Waals surface area contributed by atoms with Crippen LogP contribution in [0.15, 0.2) is 46.1 Å². The van der Waals surface area contributed by atoms with Crippen LogP contribution in [0.4, 0.5) is 11.6 Å². The van der Waals surface area contributed by atoms with Crippen LogP contribution in [-0.4, -0.2) is 65.4 Å². The molecule has 172 valence electrons. The third kappa shape index (κ3) is 5.08. The first kappa shape index (κ1) is 22.4. The summed E-state index contributed by atoms with van der Waals surface area (Å²) in [4.78, 5) is 11.6. The van der Waals surface area contributed by atoms with Crippen LogP contribution in [0.1, 0.15) is 24.8 Å². The molecule has 0 bridgehead atoms. The van der Waals surface area contributed by atoms with Gasteiger partial charge in [-0.1, -0.05) is 34.5 Å². The van der Waals surface area contributed by atoms with Crippen molar-refractivity contribution in [3.05, 3.63) is 51.6 Å². The minimum atomic E-state index is 0.196. The van der Waals surface area contributed by atoms with Crippen LogP contribution in [-0.2, 0) is 0 Å². The molecule has 1 fully saturated rings. The standard InChI is InChI=1S/C24H26BrClN6O/c1-3-32-5-4-20(14-32)33-21-8-15(17-12-28-31(2)13-17)7-19(10-21)29-24-27-11-16-6-18(25)9-22(26)23(16)30-24/h6-12,17,20H,3-5,13-14H2,1-2H3,(H,27,29,30)/t17?,20-/m1/s1. The number of benzene rings is 2. The van der Waals surface area contributed by atoms with E-state index < -0.39 is 0 Å². The molecular weight excluding hydrogens is 504 g/mol. The van der Waals surface area contributed by atoms with Gasteiger partial charge >= 0.3 is 0 Å². The molecule has 0 saturated carbocycles.